The number of benzene rings is 1. The molecule has 0 spiro atoms. The number of carbonyl (C=O) groups excluding carboxylic acids is 1. The lowest BCUT2D eigenvalue weighted by atomic mass is 10.0. The highest BCUT2D eigenvalue weighted by molar-refractivity contribution is 5.73. The first-order chi connectivity index (χ1) is 9.97. The van der Waals surface area contributed by atoms with Gasteiger partial charge in [0.25, 0.3) is 0 Å². The first-order valence-corrected chi connectivity index (χ1v) is 7.75. The first kappa shape index (κ1) is 15.8. The van der Waals surface area contributed by atoms with Gasteiger partial charge in [-0.2, -0.15) is 0 Å². The molecular weight excluding hydrogens is 262 g/mol. The summed E-state index contributed by atoms with van der Waals surface area (Å²) in [6.45, 7) is 8.95. The van der Waals surface area contributed by atoms with Gasteiger partial charge in [-0.3, -0.25) is 4.90 Å². The Morgan fingerprint density at radius 1 is 1.10 bits per heavy atom. The summed E-state index contributed by atoms with van der Waals surface area (Å²) < 4.78 is 0. The van der Waals surface area contributed by atoms with Crippen LogP contribution in [0.4, 0.5) is 4.79 Å². The van der Waals surface area contributed by atoms with Crippen LogP contribution in [0.1, 0.15) is 30.9 Å². The van der Waals surface area contributed by atoms with Crippen molar-refractivity contribution in [2.45, 2.75) is 26.3 Å². The Bertz CT molecular complexity index is 459. The molecule has 0 aliphatic carbocycles. The van der Waals surface area contributed by atoms with E-state index in [0.29, 0.717) is 5.92 Å². The molecule has 1 aromatic rings. The van der Waals surface area contributed by atoms with E-state index in [1.807, 2.05) is 19.0 Å². The SMILES string of the molecule is CC(C)c1ccc(CN2CCN(C(=O)N(C)C)CC2)cc1. The second kappa shape index (κ2) is 6.94. The number of nitrogens with zero attached hydrogens (tertiary/aromatic N) is 3. The Morgan fingerprint density at radius 3 is 2.14 bits per heavy atom. The predicted molar refractivity (Wildman–Crippen MR) is 86.5 cm³/mol. The van der Waals surface area contributed by atoms with Gasteiger partial charge in [0.05, 0.1) is 0 Å². The van der Waals surface area contributed by atoms with Gasteiger partial charge in [-0.25, -0.2) is 4.79 Å². The molecule has 0 bridgehead atoms. The summed E-state index contributed by atoms with van der Waals surface area (Å²) in [7, 11) is 3.62. The van der Waals surface area contributed by atoms with E-state index in [-0.39, 0.29) is 6.03 Å². The van der Waals surface area contributed by atoms with Crippen molar-refractivity contribution >= 4 is 6.03 Å². The van der Waals surface area contributed by atoms with Crippen LogP contribution in [0.25, 0.3) is 0 Å². The lowest BCUT2D eigenvalue weighted by Crippen LogP contribution is -2.51. The van der Waals surface area contributed by atoms with Crippen molar-refractivity contribution < 1.29 is 4.79 Å². The zero-order valence-electron chi connectivity index (χ0n) is 13.7. The summed E-state index contributed by atoms with van der Waals surface area (Å²) in [5.74, 6) is 0.583. The molecule has 0 radical (unpaired) electrons. The standard InChI is InChI=1S/C17H27N3O/c1-14(2)16-7-5-15(6-8-16)13-19-9-11-20(12-10-19)17(21)18(3)4/h5-8,14H,9-13H2,1-4H3. The van der Waals surface area contributed by atoms with Crippen LogP contribution < -0.4 is 0 Å². The zero-order chi connectivity index (χ0) is 15.4. The topological polar surface area (TPSA) is 26.8 Å². The largest absolute Gasteiger partial charge is 0.331 e. The molecule has 1 aromatic carbocycles. The van der Waals surface area contributed by atoms with Crippen LogP contribution in [0.5, 0.6) is 0 Å². The lowest BCUT2D eigenvalue weighted by Gasteiger charge is -2.36. The molecule has 4 heteroatoms. The normalized spacial score (nSPS) is 16.3. The van der Waals surface area contributed by atoms with Crippen molar-refractivity contribution in [1.82, 2.24) is 14.7 Å². The van der Waals surface area contributed by atoms with E-state index in [1.165, 1.54) is 11.1 Å². The maximum absolute atomic E-state index is 11.9. The predicted octanol–water partition coefficient (Wildman–Crippen LogP) is 2.61. The number of rotatable bonds is 3. The average Bonchev–Trinajstić information content (AvgIpc) is 2.47. The molecular formula is C17H27N3O. The second-order valence-electron chi connectivity index (χ2n) is 6.34. The maximum atomic E-state index is 11.9. The highest BCUT2D eigenvalue weighted by atomic mass is 16.2. The van der Waals surface area contributed by atoms with Crippen LogP contribution in [0.2, 0.25) is 0 Å². The fourth-order valence-electron chi connectivity index (χ4n) is 2.65. The van der Waals surface area contributed by atoms with Crippen molar-refractivity contribution in [3.8, 4) is 0 Å². The van der Waals surface area contributed by atoms with Crippen LogP contribution >= 0.6 is 0 Å². The van der Waals surface area contributed by atoms with E-state index in [0.717, 1.165) is 32.7 Å². The zero-order valence-corrected chi connectivity index (χ0v) is 13.7. The van der Waals surface area contributed by atoms with Crippen molar-refractivity contribution in [2.24, 2.45) is 0 Å². The molecule has 0 unspecified atom stereocenters. The molecule has 4 nitrogen and oxygen atoms in total. The Labute approximate surface area is 128 Å². The van der Waals surface area contributed by atoms with E-state index < -0.39 is 0 Å². The maximum Gasteiger partial charge on any atom is 0.319 e. The number of urea groups is 1. The minimum absolute atomic E-state index is 0.121. The molecule has 0 aromatic heterocycles. The Hall–Kier alpha value is -1.55. The van der Waals surface area contributed by atoms with E-state index in [4.69, 9.17) is 0 Å². The van der Waals surface area contributed by atoms with Gasteiger partial charge in [-0.15, -0.1) is 0 Å². The molecule has 0 saturated carbocycles. The number of hydrogen-bond acceptors (Lipinski definition) is 2. The molecule has 1 fully saturated rings. The van der Waals surface area contributed by atoms with E-state index in [2.05, 4.69) is 43.0 Å². The van der Waals surface area contributed by atoms with Gasteiger partial charge in [0, 0.05) is 46.8 Å². The molecule has 0 atom stereocenters. The smallest absolute Gasteiger partial charge is 0.319 e. The highest BCUT2D eigenvalue weighted by Crippen LogP contribution is 2.16. The van der Waals surface area contributed by atoms with Gasteiger partial charge in [0.2, 0.25) is 0 Å². The summed E-state index contributed by atoms with van der Waals surface area (Å²) >= 11 is 0. The third-order valence-electron chi connectivity index (χ3n) is 4.08. The molecule has 21 heavy (non-hydrogen) atoms. The fourth-order valence-corrected chi connectivity index (χ4v) is 2.65. The van der Waals surface area contributed by atoms with Crippen LogP contribution in [0.3, 0.4) is 0 Å². The quantitative estimate of drug-likeness (QED) is 0.855. The summed E-state index contributed by atoms with van der Waals surface area (Å²) in [6, 6.07) is 9.03. The summed E-state index contributed by atoms with van der Waals surface area (Å²) in [4.78, 5) is 17.9. The Balaban J connectivity index is 1.84. The molecule has 1 aliphatic rings. The third kappa shape index (κ3) is 4.21. The molecule has 2 amide bonds. The van der Waals surface area contributed by atoms with Crippen LogP contribution in [0, 0.1) is 0 Å². The van der Waals surface area contributed by atoms with Crippen molar-refractivity contribution in [3.05, 3.63) is 35.4 Å². The second-order valence-corrected chi connectivity index (χ2v) is 6.34. The first-order valence-electron chi connectivity index (χ1n) is 7.75. The third-order valence-corrected chi connectivity index (χ3v) is 4.08. The summed E-state index contributed by atoms with van der Waals surface area (Å²) in [5, 5.41) is 0. The molecule has 1 aliphatic heterocycles. The molecule has 1 saturated heterocycles. The minimum atomic E-state index is 0.121. The van der Waals surface area contributed by atoms with Gasteiger partial charge in [0.1, 0.15) is 0 Å². The molecule has 2 rings (SSSR count). The molecule has 0 N–H and O–H groups in total. The number of hydrogen-bond donors (Lipinski definition) is 0. The van der Waals surface area contributed by atoms with Crippen LogP contribution in [-0.4, -0.2) is 61.0 Å². The van der Waals surface area contributed by atoms with E-state index >= 15 is 0 Å². The summed E-state index contributed by atoms with van der Waals surface area (Å²) in [6.07, 6.45) is 0. The Kier molecular flexibility index (Phi) is 5.23. The van der Waals surface area contributed by atoms with Crippen LogP contribution in [0.15, 0.2) is 24.3 Å². The lowest BCUT2D eigenvalue weighted by molar-refractivity contribution is 0.120. The van der Waals surface area contributed by atoms with Crippen molar-refractivity contribution in [3.63, 3.8) is 0 Å². The monoisotopic (exact) mass is 289 g/mol. The van der Waals surface area contributed by atoms with Gasteiger partial charge >= 0.3 is 6.03 Å². The molecule has 116 valence electrons. The van der Waals surface area contributed by atoms with Crippen molar-refractivity contribution in [2.75, 3.05) is 40.3 Å². The Morgan fingerprint density at radius 2 is 1.67 bits per heavy atom. The van der Waals surface area contributed by atoms with Gasteiger partial charge in [0.15, 0.2) is 0 Å². The van der Waals surface area contributed by atoms with Crippen molar-refractivity contribution in [1.29, 1.82) is 0 Å². The summed E-state index contributed by atoms with van der Waals surface area (Å²) in [5.41, 5.74) is 2.74. The molecule has 1 heterocycles. The number of amides is 2. The van der Waals surface area contributed by atoms with Crippen LogP contribution in [-0.2, 0) is 6.54 Å². The van der Waals surface area contributed by atoms with Gasteiger partial charge < -0.3 is 9.80 Å². The highest BCUT2D eigenvalue weighted by Gasteiger charge is 2.21. The number of carbonyl (C=O) groups is 1. The van der Waals surface area contributed by atoms with E-state index in [1.54, 1.807) is 4.90 Å². The van der Waals surface area contributed by atoms with Gasteiger partial charge in [-0.1, -0.05) is 38.1 Å². The number of piperazine rings is 1. The fraction of sp³-hybridized carbons (Fsp3) is 0.588. The average molecular weight is 289 g/mol. The van der Waals surface area contributed by atoms with Gasteiger partial charge in [-0.05, 0) is 17.0 Å². The van der Waals surface area contributed by atoms with E-state index in [9.17, 15) is 4.79 Å². The minimum Gasteiger partial charge on any atom is -0.331 e.